The lowest BCUT2D eigenvalue weighted by Crippen LogP contribution is -2.14. The van der Waals surface area contributed by atoms with Gasteiger partial charge >= 0.3 is 0 Å². The van der Waals surface area contributed by atoms with Crippen molar-refractivity contribution in [1.29, 1.82) is 0 Å². The third-order valence-electron chi connectivity index (χ3n) is 1.89. The van der Waals surface area contributed by atoms with Gasteiger partial charge in [0.2, 0.25) is 0 Å². The Bertz CT molecular complexity index is 284. The normalized spacial score (nSPS) is 10.2. The number of halogens is 1. The van der Waals surface area contributed by atoms with Crippen molar-refractivity contribution < 1.29 is 4.39 Å². The second-order valence-corrected chi connectivity index (χ2v) is 3.20. The van der Waals surface area contributed by atoms with Crippen LogP contribution < -0.4 is 10.2 Å². The summed E-state index contributed by atoms with van der Waals surface area (Å²) in [6.07, 6.45) is 0. The Balaban J connectivity index is 3.03. The van der Waals surface area contributed by atoms with Gasteiger partial charge in [-0.2, -0.15) is 0 Å². The molecule has 0 atom stereocenters. The van der Waals surface area contributed by atoms with Crippen LogP contribution in [0.25, 0.3) is 0 Å². The van der Waals surface area contributed by atoms with E-state index in [9.17, 15) is 4.39 Å². The molecule has 0 unspecified atom stereocenters. The summed E-state index contributed by atoms with van der Waals surface area (Å²) >= 11 is 0. The highest BCUT2D eigenvalue weighted by molar-refractivity contribution is 5.52. The number of nitrogens with one attached hydrogen (secondary N) is 1. The molecular weight excluding hydrogens is 167 g/mol. The Morgan fingerprint density at radius 2 is 2.08 bits per heavy atom. The van der Waals surface area contributed by atoms with Crippen molar-refractivity contribution in [2.45, 2.75) is 6.54 Å². The lowest BCUT2D eigenvalue weighted by Gasteiger charge is -2.17. The summed E-state index contributed by atoms with van der Waals surface area (Å²) < 4.78 is 12.9. The molecule has 0 saturated carbocycles. The third-order valence-corrected chi connectivity index (χ3v) is 1.89. The van der Waals surface area contributed by atoms with Crippen molar-refractivity contribution in [3.05, 3.63) is 29.6 Å². The molecule has 0 spiro atoms. The van der Waals surface area contributed by atoms with Gasteiger partial charge < -0.3 is 10.2 Å². The van der Waals surface area contributed by atoms with Crippen molar-refractivity contribution in [3.63, 3.8) is 0 Å². The van der Waals surface area contributed by atoms with Gasteiger partial charge in [-0.05, 0) is 30.8 Å². The van der Waals surface area contributed by atoms with E-state index >= 15 is 0 Å². The summed E-state index contributed by atoms with van der Waals surface area (Å²) in [5, 5.41) is 3.01. The zero-order valence-electron chi connectivity index (χ0n) is 8.26. The number of anilines is 1. The molecule has 72 valence electrons. The van der Waals surface area contributed by atoms with Gasteiger partial charge in [0.05, 0.1) is 0 Å². The fraction of sp³-hybridized carbons (Fsp3) is 0.400. The van der Waals surface area contributed by atoms with Gasteiger partial charge in [-0.15, -0.1) is 0 Å². The molecule has 1 N–H and O–H groups in total. The van der Waals surface area contributed by atoms with Gasteiger partial charge in [-0.1, -0.05) is 0 Å². The summed E-state index contributed by atoms with van der Waals surface area (Å²) in [5.41, 5.74) is 2.03. The van der Waals surface area contributed by atoms with Crippen LogP contribution in [0.5, 0.6) is 0 Å². The van der Waals surface area contributed by atoms with Crippen molar-refractivity contribution in [3.8, 4) is 0 Å². The molecule has 0 saturated heterocycles. The van der Waals surface area contributed by atoms with Crippen LogP contribution in [0.1, 0.15) is 5.56 Å². The fourth-order valence-corrected chi connectivity index (χ4v) is 1.32. The Labute approximate surface area is 78.4 Å². The lowest BCUT2D eigenvalue weighted by atomic mass is 10.1. The number of hydrogen-bond donors (Lipinski definition) is 1. The van der Waals surface area contributed by atoms with Crippen molar-refractivity contribution >= 4 is 5.69 Å². The first-order valence-electron chi connectivity index (χ1n) is 4.25. The highest BCUT2D eigenvalue weighted by atomic mass is 19.1. The molecule has 2 nitrogen and oxygen atoms in total. The first-order valence-corrected chi connectivity index (χ1v) is 4.25. The number of rotatable bonds is 3. The zero-order chi connectivity index (χ0) is 9.84. The van der Waals surface area contributed by atoms with Crippen molar-refractivity contribution in [1.82, 2.24) is 5.32 Å². The van der Waals surface area contributed by atoms with Crippen LogP contribution >= 0.6 is 0 Å². The SMILES string of the molecule is CNCc1cc(F)ccc1N(C)C. The largest absolute Gasteiger partial charge is 0.377 e. The molecule has 0 heterocycles. The second kappa shape index (κ2) is 4.23. The standard InChI is InChI=1S/C10H15FN2/c1-12-7-8-6-9(11)4-5-10(8)13(2)3/h4-6,12H,7H2,1-3H3. The summed E-state index contributed by atoms with van der Waals surface area (Å²) in [6, 6.07) is 4.84. The smallest absolute Gasteiger partial charge is 0.123 e. The van der Waals surface area contributed by atoms with Gasteiger partial charge in [0.1, 0.15) is 5.82 Å². The van der Waals surface area contributed by atoms with E-state index in [4.69, 9.17) is 0 Å². The van der Waals surface area contributed by atoms with E-state index < -0.39 is 0 Å². The molecule has 1 rings (SSSR count). The van der Waals surface area contributed by atoms with Crippen LogP contribution in [0.3, 0.4) is 0 Å². The van der Waals surface area contributed by atoms with Crippen LogP contribution in [-0.4, -0.2) is 21.1 Å². The number of benzene rings is 1. The molecule has 3 heteroatoms. The second-order valence-electron chi connectivity index (χ2n) is 3.20. The summed E-state index contributed by atoms with van der Waals surface area (Å²) in [5.74, 6) is -0.184. The maximum atomic E-state index is 12.9. The average Bonchev–Trinajstić information content (AvgIpc) is 2.04. The number of hydrogen-bond acceptors (Lipinski definition) is 2. The molecule has 0 aliphatic carbocycles. The van der Waals surface area contributed by atoms with Crippen LogP contribution in [0.4, 0.5) is 10.1 Å². The predicted octanol–water partition coefficient (Wildman–Crippen LogP) is 1.61. The minimum absolute atomic E-state index is 0.184. The minimum atomic E-state index is -0.184. The fourth-order valence-electron chi connectivity index (χ4n) is 1.32. The summed E-state index contributed by atoms with van der Waals surface area (Å²) in [6.45, 7) is 0.686. The van der Waals surface area contributed by atoms with E-state index in [1.165, 1.54) is 6.07 Å². The Morgan fingerprint density at radius 1 is 1.38 bits per heavy atom. The molecule has 0 amide bonds. The van der Waals surface area contributed by atoms with E-state index in [1.54, 1.807) is 12.1 Å². The lowest BCUT2D eigenvalue weighted by molar-refractivity contribution is 0.623. The molecule has 1 aromatic rings. The molecule has 13 heavy (non-hydrogen) atoms. The van der Waals surface area contributed by atoms with Crippen LogP contribution in [0.2, 0.25) is 0 Å². The van der Waals surface area contributed by atoms with Gasteiger partial charge in [-0.25, -0.2) is 4.39 Å². The molecule has 0 aliphatic heterocycles. The predicted molar refractivity (Wildman–Crippen MR) is 53.5 cm³/mol. The van der Waals surface area contributed by atoms with Crippen molar-refractivity contribution in [2.24, 2.45) is 0 Å². The molecular formula is C10H15FN2. The Hall–Kier alpha value is -1.09. The molecule has 0 radical (unpaired) electrons. The maximum absolute atomic E-state index is 12.9. The molecule has 0 fully saturated rings. The van der Waals surface area contributed by atoms with E-state index in [1.807, 2.05) is 26.0 Å². The summed E-state index contributed by atoms with van der Waals surface area (Å²) in [7, 11) is 5.75. The van der Waals surface area contributed by atoms with Crippen LogP contribution in [-0.2, 0) is 6.54 Å². The molecule has 0 aliphatic rings. The topological polar surface area (TPSA) is 15.3 Å². The summed E-state index contributed by atoms with van der Waals surface area (Å²) in [4.78, 5) is 1.98. The molecule has 1 aromatic carbocycles. The number of nitrogens with zero attached hydrogens (tertiary/aromatic N) is 1. The van der Waals surface area contributed by atoms with Crippen LogP contribution in [0, 0.1) is 5.82 Å². The first-order chi connectivity index (χ1) is 6.15. The van der Waals surface area contributed by atoms with E-state index in [-0.39, 0.29) is 5.82 Å². The Kier molecular flexibility index (Phi) is 3.25. The first kappa shape index (κ1) is 9.99. The Morgan fingerprint density at radius 3 is 2.62 bits per heavy atom. The quantitative estimate of drug-likeness (QED) is 0.764. The van der Waals surface area contributed by atoms with Crippen LogP contribution in [0.15, 0.2) is 18.2 Å². The van der Waals surface area contributed by atoms with E-state index in [0.29, 0.717) is 6.54 Å². The van der Waals surface area contributed by atoms with E-state index in [0.717, 1.165) is 11.3 Å². The maximum Gasteiger partial charge on any atom is 0.123 e. The van der Waals surface area contributed by atoms with E-state index in [2.05, 4.69) is 5.32 Å². The molecule has 0 aromatic heterocycles. The monoisotopic (exact) mass is 182 g/mol. The highest BCUT2D eigenvalue weighted by Crippen LogP contribution is 2.19. The van der Waals surface area contributed by atoms with Gasteiger partial charge in [0, 0.05) is 26.3 Å². The third kappa shape index (κ3) is 2.42. The highest BCUT2D eigenvalue weighted by Gasteiger charge is 2.04. The van der Waals surface area contributed by atoms with Gasteiger partial charge in [0.15, 0.2) is 0 Å². The minimum Gasteiger partial charge on any atom is -0.377 e. The van der Waals surface area contributed by atoms with Gasteiger partial charge in [-0.3, -0.25) is 0 Å². The van der Waals surface area contributed by atoms with Crippen molar-refractivity contribution in [2.75, 3.05) is 26.0 Å². The van der Waals surface area contributed by atoms with Gasteiger partial charge in [0.25, 0.3) is 0 Å². The zero-order valence-corrected chi connectivity index (χ0v) is 8.26. The molecule has 0 bridgehead atoms. The average molecular weight is 182 g/mol.